The number of ether oxygens (including phenoxy) is 1. The Hall–Kier alpha value is -0.610. The summed E-state index contributed by atoms with van der Waals surface area (Å²) >= 11 is 0. The van der Waals surface area contributed by atoms with Crippen molar-refractivity contribution in [3.8, 4) is 0 Å². The molecule has 0 radical (unpaired) electrons. The maximum atomic E-state index is 7.06. The van der Waals surface area contributed by atoms with Gasteiger partial charge in [-0.2, -0.15) is 0 Å². The second kappa shape index (κ2) is 7.06. The number of nitrogens with two attached hydrogens (primary N) is 1. The predicted molar refractivity (Wildman–Crippen MR) is 50.5 cm³/mol. The number of hydrogen-bond acceptors (Lipinski definition) is 3. The number of rotatable bonds is 7. The molecule has 0 amide bonds. The van der Waals surface area contributed by atoms with Crippen LogP contribution in [0, 0.1) is 5.41 Å². The number of nitrogens with zero attached hydrogens (tertiary/aromatic N) is 1. The SMILES string of the molecule is CCN(CCOC)CCC(=N)N. The van der Waals surface area contributed by atoms with Crippen LogP contribution in [0.3, 0.4) is 0 Å². The Balaban J connectivity index is 3.45. The lowest BCUT2D eigenvalue weighted by atomic mass is 10.3. The van der Waals surface area contributed by atoms with Crippen molar-refractivity contribution in [1.82, 2.24) is 4.90 Å². The van der Waals surface area contributed by atoms with Gasteiger partial charge in [0.15, 0.2) is 0 Å². The van der Waals surface area contributed by atoms with E-state index in [0.717, 1.165) is 26.2 Å². The number of hydrogen-bond donors (Lipinski definition) is 2. The molecule has 0 unspecified atom stereocenters. The first-order valence-corrected chi connectivity index (χ1v) is 4.24. The van der Waals surface area contributed by atoms with Crippen molar-refractivity contribution in [1.29, 1.82) is 5.41 Å². The van der Waals surface area contributed by atoms with Gasteiger partial charge in [-0.25, -0.2) is 0 Å². The second-order valence-electron chi connectivity index (χ2n) is 2.70. The summed E-state index contributed by atoms with van der Waals surface area (Å²) in [6.07, 6.45) is 0.650. The molecule has 3 N–H and O–H groups in total. The molecule has 0 heterocycles. The van der Waals surface area contributed by atoms with Gasteiger partial charge in [0.05, 0.1) is 12.4 Å². The van der Waals surface area contributed by atoms with Crippen LogP contribution in [0.5, 0.6) is 0 Å². The van der Waals surface area contributed by atoms with E-state index in [-0.39, 0.29) is 5.84 Å². The van der Waals surface area contributed by atoms with Crippen molar-refractivity contribution in [3.63, 3.8) is 0 Å². The zero-order valence-electron chi connectivity index (χ0n) is 7.97. The molecule has 0 fully saturated rings. The lowest BCUT2D eigenvalue weighted by molar-refractivity contribution is 0.152. The number of nitrogens with one attached hydrogen (secondary N) is 1. The van der Waals surface area contributed by atoms with Crippen molar-refractivity contribution in [3.05, 3.63) is 0 Å². The first-order chi connectivity index (χ1) is 5.70. The predicted octanol–water partition coefficient (Wildman–Crippen LogP) is 0.281. The third-order valence-corrected chi connectivity index (χ3v) is 1.76. The molecule has 0 aliphatic carbocycles. The summed E-state index contributed by atoms with van der Waals surface area (Å²) in [4.78, 5) is 2.21. The molecule has 72 valence electrons. The fourth-order valence-corrected chi connectivity index (χ4v) is 0.927. The van der Waals surface area contributed by atoms with Gasteiger partial charge in [0, 0.05) is 26.6 Å². The first-order valence-electron chi connectivity index (χ1n) is 4.24. The molecule has 0 atom stereocenters. The maximum absolute atomic E-state index is 7.06. The van der Waals surface area contributed by atoms with Crippen LogP contribution in [0.4, 0.5) is 0 Å². The number of methoxy groups -OCH3 is 1. The minimum absolute atomic E-state index is 0.255. The fraction of sp³-hybridized carbons (Fsp3) is 0.875. The van der Waals surface area contributed by atoms with E-state index in [9.17, 15) is 0 Å². The van der Waals surface area contributed by atoms with Crippen LogP contribution in [0.1, 0.15) is 13.3 Å². The van der Waals surface area contributed by atoms with Gasteiger partial charge in [-0.3, -0.25) is 5.41 Å². The van der Waals surface area contributed by atoms with Crippen LogP contribution < -0.4 is 5.73 Å². The third-order valence-electron chi connectivity index (χ3n) is 1.76. The van der Waals surface area contributed by atoms with Gasteiger partial charge < -0.3 is 15.4 Å². The topological polar surface area (TPSA) is 62.3 Å². The monoisotopic (exact) mass is 173 g/mol. The quantitative estimate of drug-likeness (QED) is 0.429. The van der Waals surface area contributed by atoms with Gasteiger partial charge in [0.1, 0.15) is 0 Å². The number of likely N-dealkylation sites (N-methyl/N-ethyl adjacent to an activating group) is 1. The molecule has 4 nitrogen and oxygen atoms in total. The van der Waals surface area contributed by atoms with Crippen molar-refractivity contribution in [2.24, 2.45) is 5.73 Å². The van der Waals surface area contributed by atoms with Gasteiger partial charge in [0.2, 0.25) is 0 Å². The lowest BCUT2D eigenvalue weighted by Crippen LogP contribution is -2.30. The number of amidine groups is 1. The van der Waals surface area contributed by atoms with E-state index >= 15 is 0 Å². The molecule has 0 rings (SSSR count). The van der Waals surface area contributed by atoms with Gasteiger partial charge in [-0.15, -0.1) is 0 Å². The van der Waals surface area contributed by atoms with Crippen molar-refractivity contribution in [2.75, 3.05) is 33.4 Å². The van der Waals surface area contributed by atoms with Crippen LogP contribution in [0.2, 0.25) is 0 Å². The van der Waals surface area contributed by atoms with Gasteiger partial charge in [-0.05, 0) is 6.54 Å². The molecular weight excluding hydrogens is 154 g/mol. The Morgan fingerprint density at radius 1 is 1.50 bits per heavy atom. The summed E-state index contributed by atoms with van der Waals surface area (Å²) in [7, 11) is 1.69. The van der Waals surface area contributed by atoms with E-state index in [4.69, 9.17) is 15.9 Å². The first kappa shape index (κ1) is 11.4. The van der Waals surface area contributed by atoms with E-state index in [1.165, 1.54) is 0 Å². The second-order valence-corrected chi connectivity index (χ2v) is 2.70. The smallest absolute Gasteiger partial charge is 0.0918 e. The standard InChI is InChI=1S/C8H19N3O/c1-3-11(6-7-12-2)5-4-8(9)10/h3-7H2,1-2H3,(H3,9,10). The molecule has 0 spiro atoms. The normalized spacial score (nSPS) is 10.6. The Kier molecular flexibility index (Phi) is 6.70. The highest BCUT2D eigenvalue weighted by atomic mass is 16.5. The summed E-state index contributed by atoms with van der Waals surface area (Å²) in [5, 5.41) is 7.06. The van der Waals surface area contributed by atoms with Gasteiger partial charge in [0.25, 0.3) is 0 Å². The third kappa shape index (κ3) is 6.12. The summed E-state index contributed by atoms with van der Waals surface area (Å²) in [5.41, 5.74) is 5.25. The van der Waals surface area contributed by atoms with Gasteiger partial charge >= 0.3 is 0 Å². The van der Waals surface area contributed by atoms with E-state index in [1.54, 1.807) is 7.11 Å². The molecule has 0 saturated carbocycles. The maximum Gasteiger partial charge on any atom is 0.0918 e. The average Bonchev–Trinajstić information content (AvgIpc) is 2.05. The lowest BCUT2D eigenvalue weighted by Gasteiger charge is -2.18. The molecule has 0 aliphatic heterocycles. The van der Waals surface area contributed by atoms with E-state index < -0.39 is 0 Å². The Labute approximate surface area is 74.2 Å². The van der Waals surface area contributed by atoms with Crippen molar-refractivity contribution in [2.45, 2.75) is 13.3 Å². The zero-order valence-corrected chi connectivity index (χ0v) is 7.97. The van der Waals surface area contributed by atoms with E-state index in [0.29, 0.717) is 6.42 Å². The Morgan fingerprint density at radius 2 is 2.17 bits per heavy atom. The van der Waals surface area contributed by atoms with Crippen LogP contribution >= 0.6 is 0 Å². The zero-order chi connectivity index (χ0) is 9.40. The van der Waals surface area contributed by atoms with E-state index in [1.807, 2.05) is 0 Å². The Morgan fingerprint density at radius 3 is 2.58 bits per heavy atom. The summed E-state index contributed by atoms with van der Waals surface area (Å²) < 4.78 is 4.95. The molecule has 0 aromatic carbocycles. The summed E-state index contributed by atoms with van der Waals surface area (Å²) in [6, 6.07) is 0. The summed E-state index contributed by atoms with van der Waals surface area (Å²) in [6.45, 7) is 5.59. The molecular formula is C8H19N3O. The average molecular weight is 173 g/mol. The van der Waals surface area contributed by atoms with Crippen molar-refractivity contribution < 1.29 is 4.74 Å². The molecule has 0 saturated heterocycles. The van der Waals surface area contributed by atoms with Crippen molar-refractivity contribution >= 4 is 5.84 Å². The highest BCUT2D eigenvalue weighted by Crippen LogP contribution is 1.90. The molecule has 4 heteroatoms. The molecule has 0 bridgehead atoms. The Bertz CT molecular complexity index is 127. The van der Waals surface area contributed by atoms with E-state index in [2.05, 4.69) is 11.8 Å². The molecule has 0 aliphatic rings. The minimum atomic E-state index is 0.255. The van der Waals surface area contributed by atoms with Crippen LogP contribution in [0.15, 0.2) is 0 Å². The molecule has 0 aromatic rings. The van der Waals surface area contributed by atoms with Crippen LogP contribution in [-0.4, -0.2) is 44.1 Å². The van der Waals surface area contributed by atoms with Crippen LogP contribution in [-0.2, 0) is 4.74 Å². The summed E-state index contributed by atoms with van der Waals surface area (Å²) in [5.74, 6) is 0.255. The fourth-order valence-electron chi connectivity index (χ4n) is 0.927. The highest BCUT2D eigenvalue weighted by molar-refractivity contribution is 5.76. The largest absolute Gasteiger partial charge is 0.388 e. The van der Waals surface area contributed by atoms with Gasteiger partial charge in [-0.1, -0.05) is 6.92 Å². The molecule has 12 heavy (non-hydrogen) atoms. The van der Waals surface area contributed by atoms with Crippen LogP contribution in [0.25, 0.3) is 0 Å². The minimum Gasteiger partial charge on any atom is -0.388 e. The highest BCUT2D eigenvalue weighted by Gasteiger charge is 2.01. The molecule has 0 aromatic heterocycles.